The SMILES string of the molecule is CC(C)CC(NC(CCP=O)(OCc1ccccc1)OCc1ccccc1)C(=O)O. The molecule has 0 aliphatic rings. The van der Waals surface area contributed by atoms with Gasteiger partial charge in [0.05, 0.1) is 13.2 Å². The van der Waals surface area contributed by atoms with E-state index in [1.54, 1.807) is 0 Å². The molecule has 7 heteroatoms. The molecule has 2 rings (SSSR count). The molecule has 2 aromatic rings. The van der Waals surface area contributed by atoms with Crippen molar-refractivity contribution in [2.24, 2.45) is 5.92 Å². The highest BCUT2D eigenvalue weighted by molar-refractivity contribution is 7.23. The van der Waals surface area contributed by atoms with E-state index in [2.05, 4.69) is 5.32 Å². The van der Waals surface area contributed by atoms with Gasteiger partial charge in [-0.2, -0.15) is 0 Å². The van der Waals surface area contributed by atoms with Gasteiger partial charge in [-0.25, -0.2) is 0 Å². The molecule has 0 aliphatic carbocycles. The lowest BCUT2D eigenvalue weighted by Crippen LogP contribution is -2.57. The smallest absolute Gasteiger partial charge is 0.320 e. The van der Waals surface area contributed by atoms with Crippen LogP contribution >= 0.6 is 8.46 Å². The average Bonchev–Trinajstić information content (AvgIpc) is 2.75. The lowest BCUT2D eigenvalue weighted by molar-refractivity contribution is -0.274. The van der Waals surface area contributed by atoms with Crippen LogP contribution in [0.5, 0.6) is 0 Å². The molecule has 0 aromatic heterocycles. The number of rotatable bonds is 14. The van der Waals surface area contributed by atoms with E-state index in [0.29, 0.717) is 6.42 Å². The van der Waals surface area contributed by atoms with Crippen molar-refractivity contribution in [1.29, 1.82) is 0 Å². The summed E-state index contributed by atoms with van der Waals surface area (Å²) in [6, 6.07) is 18.3. The number of nitrogens with one attached hydrogen (secondary N) is 1. The molecule has 1 unspecified atom stereocenters. The van der Waals surface area contributed by atoms with Crippen LogP contribution in [0.2, 0.25) is 0 Å². The maximum Gasteiger partial charge on any atom is 0.320 e. The number of hydrogen-bond acceptors (Lipinski definition) is 5. The van der Waals surface area contributed by atoms with E-state index in [-0.39, 0.29) is 40.2 Å². The summed E-state index contributed by atoms with van der Waals surface area (Å²) in [7, 11) is -0.0567. The quantitative estimate of drug-likeness (QED) is 0.329. The minimum absolute atomic E-state index is 0.0567. The molecule has 0 fully saturated rings. The van der Waals surface area contributed by atoms with Gasteiger partial charge in [0.2, 0.25) is 5.91 Å². The van der Waals surface area contributed by atoms with Gasteiger partial charge in [0, 0.05) is 12.6 Å². The van der Waals surface area contributed by atoms with E-state index in [1.807, 2.05) is 74.5 Å². The minimum Gasteiger partial charge on any atom is -0.480 e. The topological polar surface area (TPSA) is 84.9 Å². The van der Waals surface area contributed by atoms with Crippen molar-refractivity contribution in [2.45, 2.75) is 51.9 Å². The fourth-order valence-electron chi connectivity index (χ4n) is 3.04. The van der Waals surface area contributed by atoms with Crippen LogP contribution in [-0.4, -0.2) is 29.2 Å². The fraction of sp³-hybridized carbons (Fsp3) is 0.435. The van der Waals surface area contributed by atoms with Gasteiger partial charge in [-0.15, -0.1) is 0 Å². The Morgan fingerprint density at radius 3 is 1.90 bits per heavy atom. The fourth-order valence-corrected chi connectivity index (χ4v) is 3.43. The van der Waals surface area contributed by atoms with Gasteiger partial charge in [0.15, 0.2) is 8.46 Å². The van der Waals surface area contributed by atoms with Gasteiger partial charge in [0.25, 0.3) is 0 Å². The first-order chi connectivity index (χ1) is 14.4. The monoisotopic (exact) mass is 431 g/mol. The maximum atomic E-state index is 11.9. The Bertz CT molecular complexity index is 726. The van der Waals surface area contributed by atoms with Crippen LogP contribution in [0.3, 0.4) is 0 Å². The zero-order valence-corrected chi connectivity index (χ0v) is 18.4. The molecule has 0 radical (unpaired) electrons. The molecule has 6 nitrogen and oxygen atoms in total. The number of carboxylic acids is 1. The average molecular weight is 431 g/mol. The first kappa shape index (κ1) is 24.2. The number of carboxylic acid groups (broad SMARTS) is 1. The standard InChI is InChI=1S/C23H30NO5P/c1-18(2)15-21(22(25)26)24-23(13-14-30-27,28-16-19-9-5-3-6-10-19)29-17-20-11-7-4-8-12-20/h3-12,18,21,24H,13-17H2,1-2H3,(H,25,26). The Kier molecular flexibility index (Phi) is 10.1. The molecule has 0 saturated carbocycles. The summed E-state index contributed by atoms with van der Waals surface area (Å²) in [5.74, 6) is -2.20. The van der Waals surface area contributed by atoms with Gasteiger partial charge in [-0.3, -0.25) is 14.7 Å². The van der Waals surface area contributed by atoms with Crippen molar-refractivity contribution >= 4 is 14.4 Å². The largest absolute Gasteiger partial charge is 0.480 e. The normalized spacial score (nSPS) is 12.9. The molecule has 162 valence electrons. The van der Waals surface area contributed by atoms with Crippen molar-refractivity contribution in [3.05, 3.63) is 71.8 Å². The maximum absolute atomic E-state index is 11.9. The van der Waals surface area contributed by atoms with Crippen LogP contribution in [-0.2, 0) is 32.0 Å². The van der Waals surface area contributed by atoms with Crippen molar-refractivity contribution in [3.8, 4) is 0 Å². The highest BCUT2D eigenvalue weighted by atomic mass is 31.1. The molecule has 0 amide bonds. The summed E-state index contributed by atoms with van der Waals surface area (Å²) >= 11 is 0. The predicted molar refractivity (Wildman–Crippen MR) is 116 cm³/mol. The van der Waals surface area contributed by atoms with Gasteiger partial charge in [0.1, 0.15) is 6.04 Å². The van der Waals surface area contributed by atoms with Crippen molar-refractivity contribution in [1.82, 2.24) is 5.32 Å². The van der Waals surface area contributed by atoms with Crippen LogP contribution in [0, 0.1) is 5.92 Å². The molecule has 0 aliphatic heterocycles. The first-order valence-electron chi connectivity index (χ1n) is 10.1. The van der Waals surface area contributed by atoms with Crippen molar-refractivity contribution < 1.29 is 23.9 Å². The van der Waals surface area contributed by atoms with E-state index in [1.165, 1.54) is 0 Å². The Morgan fingerprint density at radius 2 is 1.50 bits per heavy atom. The summed E-state index contributed by atoms with van der Waals surface area (Å²) in [4.78, 5) is 11.9. The second kappa shape index (κ2) is 12.6. The summed E-state index contributed by atoms with van der Waals surface area (Å²) in [5, 5.41) is 12.8. The van der Waals surface area contributed by atoms with Crippen LogP contribution in [0.25, 0.3) is 0 Å². The molecule has 0 saturated heterocycles. The van der Waals surface area contributed by atoms with Crippen molar-refractivity contribution in [2.75, 3.05) is 6.16 Å². The summed E-state index contributed by atoms with van der Waals surface area (Å²) in [6.45, 7) is 4.38. The van der Waals surface area contributed by atoms with Crippen LogP contribution in [0.4, 0.5) is 0 Å². The highest BCUT2D eigenvalue weighted by Gasteiger charge is 2.37. The van der Waals surface area contributed by atoms with E-state index in [9.17, 15) is 14.5 Å². The van der Waals surface area contributed by atoms with E-state index >= 15 is 0 Å². The first-order valence-corrected chi connectivity index (χ1v) is 11.1. The minimum atomic E-state index is -1.39. The molecule has 1 atom stereocenters. The van der Waals surface area contributed by atoms with Crippen LogP contribution < -0.4 is 5.32 Å². The molecule has 0 spiro atoms. The predicted octanol–water partition coefficient (Wildman–Crippen LogP) is 4.84. The lowest BCUT2D eigenvalue weighted by atomic mass is 10.0. The highest BCUT2D eigenvalue weighted by Crippen LogP contribution is 2.24. The van der Waals surface area contributed by atoms with Gasteiger partial charge in [-0.1, -0.05) is 74.5 Å². The Labute approximate surface area is 179 Å². The zero-order valence-electron chi connectivity index (χ0n) is 17.5. The second-order valence-electron chi connectivity index (χ2n) is 7.57. The number of ether oxygens (including phenoxy) is 2. The van der Waals surface area contributed by atoms with Crippen LogP contribution in [0.1, 0.15) is 37.8 Å². The Hall–Kier alpha value is -2.11. The molecule has 0 heterocycles. The third kappa shape index (κ3) is 8.33. The number of hydrogen-bond donors (Lipinski definition) is 2. The molecule has 2 aromatic carbocycles. The zero-order chi connectivity index (χ0) is 21.8. The van der Waals surface area contributed by atoms with Gasteiger partial charge in [-0.05, 0) is 23.5 Å². The Morgan fingerprint density at radius 1 is 1.00 bits per heavy atom. The van der Waals surface area contributed by atoms with Gasteiger partial charge < -0.3 is 14.6 Å². The van der Waals surface area contributed by atoms with Crippen molar-refractivity contribution in [3.63, 3.8) is 0 Å². The number of aliphatic carboxylic acids is 1. The summed E-state index contributed by atoms with van der Waals surface area (Å²) < 4.78 is 23.6. The summed E-state index contributed by atoms with van der Waals surface area (Å²) in [5.41, 5.74) is 1.87. The third-order valence-electron chi connectivity index (χ3n) is 4.56. The van der Waals surface area contributed by atoms with E-state index in [0.717, 1.165) is 11.1 Å². The number of carbonyl (C=O) groups is 1. The lowest BCUT2D eigenvalue weighted by Gasteiger charge is -2.37. The molecule has 30 heavy (non-hydrogen) atoms. The molecule has 0 bridgehead atoms. The van der Waals surface area contributed by atoms with Gasteiger partial charge >= 0.3 is 5.97 Å². The van der Waals surface area contributed by atoms with E-state index < -0.39 is 17.9 Å². The Balaban J connectivity index is 2.27. The summed E-state index contributed by atoms with van der Waals surface area (Å²) in [6.07, 6.45) is 0.916. The van der Waals surface area contributed by atoms with Crippen LogP contribution in [0.15, 0.2) is 60.7 Å². The third-order valence-corrected chi connectivity index (χ3v) is 4.97. The second-order valence-corrected chi connectivity index (χ2v) is 8.27. The van der Waals surface area contributed by atoms with E-state index in [4.69, 9.17) is 9.47 Å². The number of benzene rings is 2. The molecular weight excluding hydrogens is 401 g/mol. The molecule has 2 N–H and O–H groups in total. The molecular formula is C23H30NO5P.